The van der Waals surface area contributed by atoms with E-state index in [2.05, 4.69) is 10.6 Å². The third-order valence-corrected chi connectivity index (χ3v) is 6.82. The van der Waals surface area contributed by atoms with Crippen molar-refractivity contribution in [2.75, 3.05) is 0 Å². The molecule has 1 aromatic rings. The third-order valence-electron chi connectivity index (χ3n) is 6.58. The SMILES string of the molecule is O=C1CC(NC(=O)[C@@H]2CCC[C@@H]3CCCC[C@H](NC(=O)c4cccc(Cl)c4)C(=O)N32)C(O)O1. The van der Waals surface area contributed by atoms with Gasteiger partial charge in [0.2, 0.25) is 18.1 Å². The molecule has 3 saturated heterocycles. The van der Waals surface area contributed by atoms with Gasteiger partial charge in [0, 0.05) is 16.6 Å². The molecular weight excluding hydrogens is 450 g/mol. The van der Waals surface area contributed by atoms with Crippen LogP contribution in [0, 0.1) is 0 Å². The summed E-state index contributed by atoms with van der Waals surface area (Å²) in [7, 11) is 0. The van der Waals surface area contributed by atoms with Gasteiger partial charge in [-0.1, -0.05) is 30.5 Å². The molecule has 3 aliphatic heterocycles. The molecule has 3 amide bonds. The van der Waals surface area contributed by atoms with Crippen molar-refractivity contribution in [3.05, 3.63) is 34.9 Å². The Hall–Kier alpha value is -2.65. The monoisotopic (exact) mass is 477 g/mol. The number of nitrogens with zero attached hydrogens (tertiary/aromatic N) is 1. The number of nitrogens with one attached hydrogen (secondary N) is 2. The molecule has 178 valence electrons. The third kappa shape index (κ3) is 5.30. The zero-order valence-electron chi connectivity index (χ0n) is 18.2. The van der Waals surface area contributed by atoms with Crippen molar-refractivity contribution < 1.29 is 29.0 Å². The first-order valence-electron chi connectivity index (χ1n) is 11.4. The van der Waals surface area contributed by atoms with E-state index in [0.717, 1.165) is 32.1 Å². The summed E-state index contributed by atoms with van der Waals surface area (Å²) in [4.78, 5) is 52.5. The van der Waals surface area contributed by atoms with E-state index in [-0.39, 0.29) is 18.4 Å². The lowest BCUT2D eigenvalue weighted by molar-refractivity contribution is -0.156. The Bertz CT molecular complexity index is 941. The number of carbonyl (C=O) groups excluding carboxylic acids is 4. The molecule has 3 heterocycles. The summed E-state index contributed by atoms with van der Waals surface area (Å²) in [5.41, 5.74) is 0.363. The number of piperidine rings is 1. The molecule has 5 atom stereocenters. The number of aliphatic hydroxyl groups excluding tert-OH is 1. The lowest BCUT2D eigenvalue weighted by Gasteiger charge is -2.44. The van der Waals surface area contributed by atoms with Crippen LogP contribution < -0.4 is 10.6 Å². The molecule has 0 spiro atoms. The zero-order valence-corrected chi connectivity index (χ0v) is 18.9. The topological polar surface area (TPSA) is 125 Å². The number of halogens is 1. The van der Waals surface area contributed by atoms with Gasteiger partial charge in [-0.25, -0.2) is 0 Å². The highest BCUT2D eigenvalue weighted by Gasteiger charge is 2.43. The Morgan fingerprint density at radius 1 is 1.06 bits per heavy atom. The molecule has 0 aliphatic carbocycles. The minimum Gasteiger partial charge on any atom is -0.434 e. The van der Waals surface area contributed by atoms with Gasteiger partial charge in [-0.15, -0.1) is 0 Å². The van der Waals surface area contributed by atoms with Crippen LogP contribution in [0.25, 0.3) is 0 Å². The number of aliphatic hydroxyl groups is 1. The Balaban J connectivity index is 1.51. The van der Waals surface area contributed by atoms with E-state index in [4.69, 9.17) is 16.3 Å². The Morgan fingerprint density at radius 3 is 2.55 bits per heavy atom. The molecule has 10 heteroatoms. The first-order valence-corrected chi connectivity index (χ1v) is 11.8. The highest BCUT2D eigenvalue weighted by molar-refractivity contribution is 6.31. The number of benzene rings is 1. The van der Waals surface area contributed by atoms with Gasteiger partial charge in [-0.2, -0.15) is 0 Å². The van der Waals surface area contributed by atoms with E-state index >= 15 is 0 Å². The molecule has 4 rings (SSSR count). The van der Waals surface area contributed by atoms with Crippen LogP contribution in [-0.2, 0) is 19.1 Å². The summed E-state index contributed by atoms with van der Waals surface area (Å²) in [6, 6.07) is 4.08. The van der Waals surface area contributed by atoms with Gasteiger partial charge in [0.05, 0.1) is 6.42 Å². The molecule has 33 heavy (non-hydrogen) atoms. The average molecular weight is 478 g/mol. The molecule has 1 aromatic carbocycles. The van der Waals surface area contributed by atoms with Crippen LogP contribution in [0.15, 0.2) is 24.3 Å². The van der Waals surface area contributed by atoms with E-state index in [1.807, 2.05) is 0 Å². The number of esters is 1. The summed E-state index contributed by atoms with van der Waals surface area (Å²) in [6.45, 7) is 0. The van der Waals surface area contributed by atoms with Crippen LogP contribution in [0.3, 0.4) is 0 Å². The maximum atomic E-state index is 13.6. The molecule has 2 unspecified atom stereocenters. The van der Waals surface area contributed by atoms with E-state index in [0.29, 0.717) is 23.4 Å². The maximum absolute atomic E-state index is 13.6. The Kier molecular flexibility index (Phi) is 7.19. The van der Waals surface area contributed by atoms with Gasteiger partial charge in [-0.3, -0.25) is 19.2 Å². The average Bonchev–Trinajstić information content (AvgIpc) is 3.10. The van der Waals surface area contributed by atoms with Crippen molar-refractivity contribution in [1.82, 2.24) is 15.5 Å². The second-order valence-electron chi connectivity index (χ2n) is 8.87. The highest BCUT2D eigenvalue weighted by Crippen LogP contribution is 2.30. The smallest absolute Gasteiger partial charge is 0.310 e. The predicted molar refractivity (Wildman–Crippen MR) is 118 cm³/mol. The highest BCUT2D eigenvalue weighted by atomic mass is 35.5. The molecule has 0 radical (unpaired) electrons. The van der Waals surface area contributed by atoms with Gasteiger partial charge in [0.1, 0.15) is 18.1 Å². The lowest BCUT2D eigenvalue weighted by atomic mass is 9.88. The summed E-state index contributed by atoms with van der Waals surface area (Å²) in [5, 5.41) is 15.8. The fourth-order valence-electron chi connectivity index (χ4n) is 4.94. The minimum absolute atomic E-state index is 0.0979. The summed E-state index contributed by atoms with van der Waals surface area (Å²) in [6.07, 6.45) is 3.48. The van der Waals surface area contributed by atoms with Crippen LogP contribution >= 0.6 is 11.6 Å². The van der Waals surface area contributed by atoms with E-state index in [1.165, 1.54) is 0 Å². The fraction of sp³-hybridized carbons (Fsp3) is 0.565. The van der Waals surface area contributed by atoms with E-state index in [1.54, 1.807) is 29.2 Å². The maximum Gasteiger partial charge on any atom is 0.310 e. The van der Waals surface area contributed by atoms with E-state index in [9.17, 15) is 24.3 Å². The number of cyclic esters (lactones) is 1. The van der Waals surface area contributed by atoms with Crippen LogP contribution in [-0.4, -0.2) is 64.2 Å². The van der Waals surface area contributed by atoms with Crippen molar-refractivity contribution in [3.63, 3.8) is 0 Å². The molecule has 0 aromatic heterocycles. The molecule has 0 saturated carbocycles. The number of rotatable bonds is 4. The van der Waals surface area contributed by atoms with Crippen LogP contribution in [0.4, 0.5) is 0 Å². The van der Waals surface area contributed by atoms with Gasteiger partial charge in [0.15, 0.2) is 0 Å². The standard InChI is InChI=1S/C23H28ClN3O6/c24-14-6-3-5-13(11-14)20(29)25-16-9-2-1-7-15-8-4-10-18(27(15)22(16)31)21(30)26-17-12-19(28)33-23(17)32/h3,5-6,11,15-18,23,32H,1-2,4,7-10,12H2,(H,25,29)(H,26,30)/t15-,16-,17?,18-,23?/m0/s1. The molecule has 0 bridgehead atoms. The minimum atomic E-state index is -1.39. The first-order chi connectivity index (χ1) is 15.8. The molecule has 3 aliphatic rings. The van der Waals surface area contributed by atoms with Gasteiger partial charge < -0.3 is 25.4 Å². The van der Waals surface area contributed by atoms with Crippen molar-refractivity contribution in [1.29, 1.82) is 0 Å². The van der Waals surface area contributed by atoms with Crippen molar-refractivity contribution >= 4 is 35.3 Å². The summed E-state index contributed by atoms with van der Waals surface area (Å²) in [5.74, 6) is -1.68. The lowest BCUT2D eigenvalue weighted by Crippen LogP contribution is -2.62. The Labute approximate surface area is 196 Å². The number of carbonyl (C=O) groups is 4. The van der Waals surface area contributed by atoms with Crippen molar-refractivity contribution in [2.45, 2.75) is 81.8 Å². The Morgan fingerprint density at radius 2 is 1.82 bits per heavy atom. The van der Waals surface area contributed by atoms with Crippen LogP contribution in [0.5, 0.6) is 0 Å². The number of hydrogen-bond donors (Lipinski definition) is 3. The fourth-order valence-corrected chi connectivity index (χ4v) is 5.13. The number of ether oxygens (including phenoxy) is 1. The summed E-state index contributed by atoms with van der Waals surface area (Å²) < 4.78 is 4.70. The molecular formula is C23H28ClN3O6. The molecule has 3 fully saturated rings. The van der Waals surface area contributed by atoms with Crippen molar-refractivity contribution in [3.8, 4) is 0 Å². The van der Waals surface area contributed by atoms with Crippen molar-refractivity contribution in [2.24, 2.45) is 0 Å². The molecule has 3 N–H and O–H groups in total. The van der Waals surface area contributed by atoms with Gasteiger partial charge >= 0.3 is 5.97 Å². The number of fused-ring (bicyclic) bond motifs is 1. The largest absolute Gasteiger partial charge is 0.434 e. The predicted octanol–water partition coefficient (Wildman–Crippen LogP) is 1.51. The van der Waals surface area contributed by atoms with Gasteiger partial charge in [-0.05, 0) is 50.3 Å². The summed E-state index contributed by atoms with van der Waals surface area (Å²) >= 11 is 5.99. The van der Waals surface area contributed by atoms with E-state index < -0.39 is 42.2 Å². The first kappa shape index (κ1) is 23.5. The number of hydrogen-bond acceptors (Lipinski definition) is 6. The quantitative estimate of drug-likeness (QED) is 0.564. The normalized spacial score (nSPS) is 30.0. The molecule has 9 nitrogen and oxygen atoms in total. The van der Waals surface area contributed by atoms with Crippen LogP contribution in [0.1, 0.15) is 61.7 Å². The number of amides is 3. The zero-order chi connectivity index (χ0) is 23.5. The second kappa shape index (κ2) is 10.1. The van der Waals surface area contributed by atoms with Crippen LogP contribution in [0.2, 0.25) is 5.02 Å². The van der Waals surface area contributed by atoms with Gasteiger partial charge in [0.25, 0.3) is 5.91 Å². The second-order valence-corrected chi connectivity index (χ2v) is 9.30.